The highest BCUT2D eigenvalue weighted by Crippen LogP contribution is 2.21. The molecule has 2 heterocycles. The predicted molar refractivity (Wildman–Crippen MR) is 76.0 cm³/mol. The minimum atomic E-state index is -0.313. The summed E-state index contributed by atoms with van der Waals surface area (Å²) in [5.74, 6) is 0. The zero-order valence-corrected chi connectivity index (χ0v) is 11.3. The molecule has 3 nitrogen and oxygen atoms in total. The van der Waals surface area contributed by atoms with Crippen LogP contribution < -0.4 is 11.3 Å². The van der Waals surface area contributed by atoms with Crippen LogP contribution in [0.15, 0.2) is 40.6 Å². The molecule has 0 radical (unpaired) electrons. The number of thiophene rings is 1. The average Bonchev–Trinajstić information content (AvgIpc) is 2.91. The van der Waals surface area contributed by atoms with E-state index in [9.17, 15) is 4.79 Å². The van der Waals surface area contributed by atoms with Crippen molar-refractivity contribution in [3.63, 3.8) is 0 Å². The number of aryl methyl sites for hydroxylation is 1. The first-order valence-electron chi connectivity index (χ1n) is 6.22. The second kappa shape index (κ2) is 5.98. The fourth-order valence-electron chi connectivity index (χ4n) is 1.92. The molecule has 0 amide bonds. The highest BCUT2D eigenvalue weighted by atomic mass is 32.1. The van der Waals surface area contributed by atoms with Gasteiger partial charge in [0, 0.05) is 23.2 Å². The number of pyridine rings is 1. The lowest BCUT2D eigenvalue weighted by atomic mass is 10.1. The molecule has 0 aromatic carbocycles. The summed E-state index contributed by atoms with van der Waals surface area (Å²) >= 11 is 1.59. The van der Waals surface area contributed by atoms with Crippen molar-refractivity contribution in [3.05, 3.63) is 56.6 Å². The maximum atomic E-state index is 12.3. The minimum absolute atomic E-state index is 0.0341. The van der Waals surface area contributed by atoms with Crippen molar-refractivity contribution in [2.24, 2.45) is 5.73 Å². The fourth-order valence-corrected chi connectivity index (χ4v) is 2.66. The van der Waals surface area contributed by atoms with Crippen LogP contribution in [0.4, 0.5) is 0 Å². The molecule has 2 aromatic heterocycles. The lowest BCUT2D eigenvalue weighted by molar-refractivity contribution is 0.605. The number of aromatic nitrogens is 1. The zero-order valence-electron chi connectivity index (χ0n) is 10.5. The third-order valence-electron chi connectivity index (χ3n) is 2.99. The Morgan fingerprint density at radius 1 is 1.39 bits per heavy atom. The monoisotopic (exact) mass is 262 g/mol. The molecule has 0 aliphatic rings. The Morgan fingerprint density at radius 3 is 2.89 bits per heavy atom. The van der Waals surface area contributed by atoms with Gasteiger partial charge in [0.05, 0.1) is 6.04 Å². The van der Waals surface area contributed by atoms with E-state index < -0.39 is 0 Å². The smallest absolute Gasteiger partial charge is 0.255 e. The Kier molecular flexibility index (Phi) is 4.33. The first-order chi connectivity index (χ1) is 8.74. The quantitative estimate of drug-likeness (QED) is 0.900. The van der Waals surface area contributed by atoms with Crippen LogP contribution in [0.25, 0.3) is 0 Å². The van der Waals surface area contributed by atoms with Gasteiger partial charge in [-0.25, -0.2) is 0 Å². The summed E-state index contributed by atoms with van der Waals surface area (Å²) in [6.07, 6.45) is 3.92. The number of hydrogen-bond acceptors (Lipinski definition) is 3. The van der Waals surface area contributed by atoms with Gasteiger partial charge in [0.1, 0.15) is 0 Å². The number of nitrogens with two attached hydrogens (primary N) is 1. The Hall–Kier alpha value is -1.39. The molecule has 96 valence electrons. The van der Waals surface area contributed by atoms with Gasteiger partial charge in [-0.1, -0.05) is 25.5 Å². The van der Waals surface area contributed by atoms with Gasteiger partial charge in [0.2, 0.25) is 0 Å². The van der Waals surface area contributed by atoms with Crippen LogP contribution in [0.3, 0.4) is 0 Å². The summed E-state index contributed by atoms with van der Waals surface area (Å²) in [6, 6.07) is 7.34. The van der Waals surface area contributed by atoms with Gasteiger partial charge in [0.25, 0.3) is 5.56 Å². The largest absolute Gasteiger partial charge is 0.319 e. The van der Waals surface area contributed by atoms with E-state index >= 15 is 0 Å². The zero-order chi connectivity index (χ0) is 13.0. The van der Waals surface area contributed by atoms with Crippen molar-refractivity contribution in [1.82, 2.24) is 4.57 Å². The summed E-state index contributed by atoms with van der Waals surface area (Å²) < 4.78 is 1.76. The average molecular weight is 262 g/mol. The molecule has 0 bridgehead atoms. The lowest BCUT2D eigenvalue weighted by Crippen LogP contribution is -2.28. The van der Waals surface area contributed by atoms with E-state index in [1.54, 1.807) is 15.9 Å². The predicted octanol–water partition coefficient (Wildman–Crippen LogP) is 2.76. The van der Waals surface area contributed by atoms with E-state index in [4.69, 9.17) is 5.73 Å². The summed E-state index contributed by atoms with van der Waals surface area (Å²) in [6.45, 7) is 2.88. The van der Waals surface area contributed by atoms with Crippen molar-refractivity contribution in [2.45, 2.75) is 32.4 Å². The number of rotatable bonds is 5. The third-order valence-corrected chi connectivity index (χ3v) is 3.94. The molecule has 2 N–H and O–H groups in total. The SMILES string of the molecule is CCCCn1cccc(C(N)c2cccs2)c1=O. The summed E-state index contributed by atoms with van der Waals surface area (Å²) in [5, 5.41) is 1.98. The third kappa shape index (κ3) is 2.71. The van der Waals surface area contributed by atoms with E-state index in [0.717, 1.165) is 24.3 Å². The van der Waals surface area contributed by atoms with Gasteiger partial charge in [-0.15, -0.1) is 11.3 Å². The van der Waals surface area contributed by atoms with Crippen LogP contribution in [0.1, 0.15) is 36.2 Å². The van der Waals surface area contributed by atoms with E-state index in [0.29, 0.717) is 5.56 Å². The topological polar surface area (TPSA) is 48.0 Å². The molecule has 2 rings (SSSR count). The summed E-state index contributed by atoms with van der Waals surface area (Å²) in [4.78, 5) is 13.3. The molecule has 1 atom stereocenters. The molecule has 2 aromatic rings. The Labute approximate surface area is 111 Å². The molecular weight excluding hydrogens is 244 g/mol. The second-order valence-corrected chi connectivity index (χ2v) is 5.29. The van der Waals surface area contributed by atoms with Crippen molar-refractivity contribution >= 4 is 11.3 Å². The molecule has 0 aliphatic carbocycles. The van der Waals surface area contributed by atoms with Gasteiger partial charge in [-0.05, 0) is 23.9 Å². The molecular formula is C14H18N2OS. The highest BCUT2D eigenvalue weighted by molar-refractivity contribution is 7.10. The molecule has 0 aliphatic heterocycles. The van der Waals surface area contributed by atoms with Crippen molar-refractivity contribution in [2.75, 3.05) is 0 Å². The minimum Gasteiger partial charge on any atom is -0.319 e. The maximum absolute atomic E-state index is 12.3. The van der Waals surface area contributed by atoms with Gasteiger partial charge < -0.3 is 10.3 Å². The Bertz CT molecular complexity index is 545. The fraction of sp³-hybridized carbons (Fsp3) is 0.357. The van der Waals surface area contributed by atoms with Gasteiger partial charge in [-0.3, -0.25) is 4.79 Å². The maximum Gasteiger partial charge on any atom is 0.255 e. The van der Waals surface area contributed by atoms with Crippen LogP contribution in [-0.4, -0.2) is 4.57 Å². The van der Waals surface area contributed by atoms with Crippen molar-refractivity contribution in [3.8, 4) is 0 Å². The van der Waals surface area contributed by atoms with E-state index in [1.165, 1.54) is 0 Å². The first-order valence-corrected chi connectivity index (χ1v) is 7.10. The Morgan fingerprint density at radius 2 is 2.22 bits per heavy atom. The molecule has 18 heavy (non-hydrogen) atoms. The van der Waals surface area contributed by atoms with Crippen molar-refractivity contribution in [1.29, 1.82) is 0 Å². The second-order valence-electron chi connectivity index (χ2n) is 4.31. The molecule has 1 unspecified atom stereocenters. The molecule has 0 saturated carbocycles. The van der Waals surface area contributed by atoms with Crippen LogP contribution >= 0.6 is 11.3 Å². The standard InChI is InChI=1S/C14H18N2OS/c1-2-3-8-16-9-4-6-11(14(16)17)13(15)12-7-5-10-18-12/h4-7,9-10,13H,2-3,8,15H2,1H3. The van der Waals surface area contributed by atoms with Crippen LogP contribution in [0, 0.1) is 0 Å². The molecule has 0 spiro atoms. The first kappa shape index (κ1) is 13.1. The molecule has 0 fully saturated rings. The highest BCUT2D eigenvalue weighted by Gasteiger charge is 2.14. The van der Waals surface area contributed by atoms with E-state index in [-0.39, 0.29) is 11.6 Å². The Balaban J connectivity index is 2.31. The van der Waals surface area contributed by atoms with Crippen LogP contribution in [0.2, 0.25) is 0 Å². The summed E-state index contributed by atoms with van der Waals surface area (Å²) in [7, 11) is 0. The number of nitrogens with zero attached hydrogens (tertiary/aromatic N) is 1. The number of hydrogen-bond donors (Lipinski definition) is 1. The van der Waals surface area contributed by atoms with Crippen LogP contribution in [-0.2, 0) is 6.54 Å². The van der Waals surface area contributed by atoms with Gasteiger partial charge in [-0.2, -0.15) is 0 Å². The van der Waals surface area contributed by atoms with E-state index in [2.05, 4.69) is 6.92 Å². The van der Waals surface area contributed by atoms with Crippen LogP contribution in [0.5, 0.6) is 0 Å². The van der Waals surface area contributed by atoms with Gasteiger partial charge >= 0.3 is 0 Å². The van der Waals surface area contributed by atoms with E-state index in [1.807, 2.05) is 35.8 Å². The van der Waals surface area contributed by atoms with Crippen molar-refractivity contribution < 1.29 is 0 Å². The molecule has 0 saturated heterocycles. The lowest BCUT2D eigenvalue weighted by Gasteiger charge is -2.12. The van der Waals surface area contributed by atoms with Gasteiger partial charge in [0.15, 0.2) is 0 Å². The summed E-state index contributed by atoms with van der Waals surface area (Å²) in [5.41, 5.74) is 6.87. The normalized spacial score (nSPS) is 12.6. The molecule has 4 heteroatoms. The number of unbranched alkanes of at least 4 members (excludes halogenated alkanes) is 1.